The maximum atomic E-state index is 9.67. The van der Waals surface area contributed by atoms with E-state index < -0.39 is 0 Å². The van der Waals surface area contributed by atoms with Gasteiger partial charge in [0.2, 0.25) is 5.95 Å². The molecule has 0 aliphatic rings. The van der Waals surface area contributed by atoms with Gasteiger partial charge in [-0.25, -0.2) is 14.5 Å². The normalized spacial score (nSPS) is 10.9. The molecule has 0 fully saturated rings. The van der Waals surface area contributed by atoms with Crippen molar-refractivity contribution in [1.29, 1.82) is 0 Å². The predicted molar refractivity (Wildman–Crippen MR) is 90.4 cm³/mol. The number of aromatic nitrogens is 5. The Hall–Kier alpha value is -3.19. The molecule has 0 saturated heterocycles. The molecule has 0 aliphatic carbocycles. The van der Waals surface area contributed by atoms with Crippen LogP contribution in [0.3, 0.4) is 0 Å². The van der Waals surface area contributed by atoms with Crippen molar-refractivity contribution >= 4 is 28.9 Å². The summed E-state index contributed by atoms with van der Waals surface area (Å²) in [6.07, 6.45) is 6.52. The van der Waals surface area contributed by atoms with Crippen molar-refractivity contribution in [2.75, 3.05) is 5.32 Å². The van der Waals surface area contributed by atoms with Gasteiger partial charge in [0.25, 0.3) is 0 Å². The van der Waals surface area contributed by atoms with E-state index in [0.717, 1.165) is 11.1 Å². The number of nitrogens with one attached hydrogen (secondary N) is 1. The van der Waals surface area contributed by atoms with Gasteiger partial charge in [-0.1, -0.05) is 11.6 Å². The minimum atomic E-state index is 0.152. The number of phenolic OH excluding ortho intramolecular Hbond substituents is 1. The summed E-state index contributed by atoms with van der Waals surface area (Å²) in [5.74, 6) is 0.587. The Bertz CT molecular complexity index is 1020. The molecule has 3 aromatic heterocycles. The summed E-state index contributed by atoms with van der Waals surface area (Å²) in [5.41, 5.74) is 2.92. The highest BCUT2D eigenvalue weighted by Crippen LogP contribution is 2.31. The number of anilines is 2. The Balaban J connectivity index is 1.72. The molecule has 4 rings (SSSR count). The fraction of sp³-hybridized carbons (Fsp3) is 0. The Labute approximate surface area is 141 Å². The molecule has 0 atom stereocenters. The maximum Gasteiger partial charge on any atom is 0.247 e. The van der Waals surface area contributed by atoms with Gasteiger partial charge in [0.05, 0.1) is 18.1 Å². The lowest BCUT2D eigenvalue weighted by atomic mass is 10.1. The van der Waals surface area contributed by atoms with E-state index in [2.05, 4.69) is 25.4 Å². The number of hydrogen-bond donors (Lipinski definition) is 2. The summed E-state index contributed by atoms with van der Waals surface area (Å²) in [5, 5.41) is 17.6. The van der Waals surface area contributed by atoms with E-state index in [1.54, 1.807) is 41.3 Å². The van der Waals surface area contributed by atoms with Gasteiger partial charge >= 0.3 is 0 Å². The lowest BCUT2D eigenvalue weighted by Crippen LogP contribution is -1.94. The highest BCUT2D eigenvalue weighted by atomic mass is 35.5. The molecule has 2 N–H and O–H groups in total. The van der Waals surface area contributed by atoms with E-state index in [1.807, 2.05) is 12.1 Å². The lowest BCUT2D eigenvalue weighted by Gasteiger charge is -2.05. The fourth-order valence-electron chi connectivity index (χ4n) is 2.32. The van der Waals surface area contributed by atoms with Crippen molar-refractivity contribution in [3.8, 4) is 16.9 Å². The molecular formula is C16H11ClN6O. The first-order valence-electron chi connectivity index (χ1n) is 7.06. The number of hydrogen-bond acceptors (Lipinski definition) is 6. The molecule has 118 valence electrons. The van der Waals surface area contributed by atoms with Crippen LogP contribution in [-0.2, 0) is 0 Å². The summed E-state index contributed by atoms with van der Waals surface area (Å²) >= 11 is 6.21. The van der Waals surface area contributed by atoms with Crippen molar-refractivity contribution in [2.24, 2.45) is 0 Å². The molecule has 0 bridgehead atoms. The van der Waals surface area contributed by atoms with E-state index in [4.69, 9.17) is 11.6 Å². The predicted octanol–water partition coefficient (Wildman–Crippen LogP) is 3.29. The Kier molecular flexibility index (Phi) is 3.47. The molecular weight excluding hydrogens is 328 g/mol. The average Bonchev–Trinajstić information content (AvgIpc) is 2.99. The van der Waals surface area contributed by atoms with Crippen LogP contribution in [0, 0.1) is 0 Å². The lowest BCUT2D eigenvalue weighted by molar-refractivity contribution is 0.475. The molecule has 0 unspecified atom stereocenters. The van der Waals surface area contributed by atoms with Gasteiger partial charge in [0, 0.05) is 22.3 Å². The Morgan fingerprint density at radius 3 is 2.75 bits per heavy atom. The summed E-state index contributed by atoms with van der Waals surface area (Å²) in [4.78, 5) is 12.2. The summed E-state index contributed by atoms with van der Waals surface area (Å²) < 4.78 is 1.64. The van der Waals surface area contributed by atoms with Gasteiger partial charge in [-0.3, -0.25) is 0 Å². The van der Waals surface area contributed by atoms with E-state index >= 15 is 0 Å². The fourth-order valence-corrected chi connectivity index (χ4v) is 2.55. The van der Waals surface area contributed by atoms with Crippen LogP contribution in [0.15, 0.2) is 55.2 Å². The van der Waals surface area contributed by atoms with Crippen molar-refractivity contribution < 1.29 is 5.11 Å². The van der Waals surface area contributed by atoms with Gasteiger partial charge in [0.1, 0.15) is 12.1 Å². The number of phenols is 1. The number of halogens is 1. The van der Waals surface area contributed by atoms with Gasteiger partial charge < -0.3 is 10.4 Å². The molecule has 0 amide bonds. The van der Waals surface area contributed by atoms with Crippen LogP contribution in [0.5, 0.6) is 5.75 Å². The van der Waals surface area contributed by atoms with E-state index in [1.165, 1.54) is 6.33 Å². The topological polar surface area (TPSA) is 88.2 Å². The molecule has 0 aliphatic heterocycles. The maximum absolute atomic E-state index is 9.67. The van der Waals surface area contributed by atoms with Crippen molar-refractivity contribution in [3.05, 3.63) is 60.3 Å². The largest absolute Gasteiger partial charge is 0.508 e. The van der Waals surface area contributed by atoms with E-state index in [0.29, 0.717) is 22.3 Å². The smallest absolute Gasteiger partial charge is 0.247 e. The standard InChI is InChI=1S/C16H11ClN6O/c17-14-3-2-12(24)5-13(14)10-1-4-15-21-16(22-23(15)8-10)20-11-6-18-9-19-7-11/h1-9,24H,(H,20,22). The summed E-state index contributed by atoms with van der Waals surface area (Å²) in [7, 11) is 0. The first kappa shape index (κ1) is 14.4. The van der Waals surface area contributed by atoms with Crippen LogP contribution >= 0.6 is 11.6 Å². The van der Waals surface area contributed by atoms with Crippen molar-refractivity contribution in [1.82, 2.24) is 24.6 Å². The van der Waals surface area contributed by atoms with Crippen LogP contribution in [-0.4, -0.2) is 29.7 Å². The van der Waals surface area contributed by atoms with Crippen molar-refractivity contribution in [2.45, 2.75) is 0 Å². The molecule has 3 heterocycles. The van der Waals surface area contributed by atoms with Crippen LogP contribution in [0.1, 0.15) is 0 Å². The van der Waals surface area contributed by atoms with Crippen LogP contribution < -0.4 is 5.32 Å². The number of rotatable bonds is 3. The molecule has 0 spiro atoms. The molecule has 4 aromatic rings. The quantitative estimate of drug-likeness (QED) is 0.596. The average molecular weight is 339 g/mol. The van der Waals surface area contributed by atoms with E-state index in [-0.39, 0.29) is 5.75 Å². The van der Waals surface area contributed by atoms with Gasteiger partial charge in [0.15, 0.2) is 5.65 Å². The summed E-state index contributed by atoms with van der Waals surface area (Å²) in [6.45, 7) is 0. The number of aromatic hydroxyl groups is 1. The molecule has 1 aromatic carbocycles. The molecule has 24 heavy (non-hydrogen) atoms. The Morgan fingerprint density at radius 1 is 1.08 bits per heavy atom. The number of nitrogens with zero attached hydrogens (tertiary/aromatic N) is 5. The second kappa shape index (κ2) is 5.78. The van der Waals surface area contributed by atoms with E-state index in [9.17, 15) is 5.11 Å². The zero-order valence-electron chi connectivity index (χ0n) is 12.3. The second-order valence-corrected chi connectivity index (χ2v) is 5.48. The van der Waals surface area contributed by atoms with Gasteiger partial charge in [-0.2, -0.15) is 4.98 Å². The third kappa shape index (κ3) is 2.72. The Morgan fingerprint density at radius 2 is 1.92 bits per heavy atom. The van der Waals surface area contributed by atoms with Crippen LogP contribution in [0.2, 0.25) is 5.02 Å². The van der Waals surface area contributed by atoms with Gasteiger partial charge in [-0.15, -0.1) is 5.10 Å². The number of fused-ring (bicyclic) bond motifs is 1. The third-order valence-electron chi connectivity index (χ3n) is 3.41. The first-order valence-corrected chi connectivity index (χ1v) is 7.44. The number of pyridine rings is 1. The monoisotopic (exact) mass is 338 g/mol. The third-order valence-corrected chi connectivity index (χ3v) is 3.74. The SMILES string of the molecule is Oc1ccc(Cl)c(-c2ccc3nc(Nc4cncnc4)nn3c2)c1. The highest BCUT2D eigenvalue weighted by molar-refractivity contribution is 6.33. The van der Waals surface area contributed by atoms with Crippen molar-refractivity contribution in [3.63, 3.8) is 0 Å². The minimum absolute atomic E-state index is 0.152. The van der Waals surface area contributed by atoms with Gasteiger partial charge in [-0.05, 0) is 30.3 Å². The van der Waals surface area contributed by atoms with Crippen LogP contribution in [0.25, 0.3) is 16.8 Å². The number of benzene rings is 1. The minimum Gasteiger partial charge on any atom is -0.508 e. The summed E-state index contributed by atoms with van der Waals surface area (Å²) in [6, 6.07) is 8.51. The second-order valence-electron chi connectivity index (χ2n) is 5.07. The van der Waals surface area contributed by atoms with Crippen LogP contribution in [0.4, 0.5) is 11.6 Å². The zero-order chi connectivity index (χ0) is 16.5. The molecule has 8 heteroatoms. The molecule has 0 radical (unpaired) electrons. The zero-order valence-corrected chi connectivity index (χ0v) is 13.0. The molecule has 7 nitrogen and oxygen atoms in total. The highest BCUT2D eigenvalue weighted by Gasteiger charge is 2.09. The first-order chi connectivity index (χ1) is 11.7. The molecule has 0 saturated carbocycles.